The van der Waals surface area contributed by atoms with Crippen LogP contribution in [0.15, 0.2) is 18.8 Å². The van der Waals surface area contributed by atoms with Crippen LogP contribution in [0, 0.1) is 6.92 Å². The van der Waals surface area contributed by atoms with Crippen LogP contribution in [0.3, 0.4) is 0 Å². The van der Waals surface area contributed by atoms with Gasteiger partial charge in [0.2, 0.25) is 0 Å². The number of hydrogen-bond acceptors (Lipinski definition) is 2. The Balaban J connectivity index is 3.30. The number of rotatable bonds is 2. The van der Waals surface area contributed by atoms with Crippen LogP contribution in [0.1, 0.15) is 21.6 Å². The van der Waals surface area contributed by atoms with Gasteiger partial charge in [0.1, 0.15) is 0 Å². The highest BCUT2D eigenvalue weighted by atomic mass is 16.4. The van der Waals surface area contributed by atoms with E-state index in [-0.39, 0.29) is 5.56 Å². The van der Waals surface area contributed by atoms with Crippen LogP contribution >= 0.6 is 0 Å². The van der Waals surface area contributed by atoms with Crippen molar-refractivity contribution >= 4 is 12.0 Å². The van der Waals surface area contributed by atoms with Gasteiger partial charge >= 0.3 is 5.97 Å². The minimum Gasteiger partial charge on any atom is -0.478 e. The molecule has 0 aliphatic carbocycles. The quantitative estimate of drug-likeness (QED) is 0.722. The fraction of sp³-hybridized carbons (Fsp3) is 0.111. The lowest BCUT2D eigenvalue weighted by Crippen LogP contribution is -2.01. The summed E-state index contributed by atoms with van der Waals surface area (Å²) in [5, 5.41) is 8.73. The van der Waals surface area contributed by atoms with Crippen LogP contribution in [0.2, 0.25) is 0 Å². The van der Waals surface area contributed by atoms with Crippen LogP contribution < -0.4 is 0 Å². The van der Waals surface area contributed by atoms with E-state index in [1.807, 2.05) is 0 Å². The van der Waals surface area contributed by atoms with Crippen molar-refractivity contribution in [3.63, 3.8) is 0 Å². The van der Waals surface area contributed by atoms with E-state index >= 15 is 0 Å². The van der Waals surface area contributed by atoms with Gasteiger partial charge in [-0.1, -0.05) is 6.58 Å². The smallest absolute Gasteiger partial charge is 0.337 e. The van der Waals surface area contributed by atoms with Crippen LogP contribution in [-0.4, -0.2) is 16.1 Å². The highest BCUT2D eigenvalue weighted by Gasteiger charge is 2.08. The first kappa shape index (κ1) is 8.46. The van der Waals surface area contributed by atoms with Gasteiger partial charge in [-0.2, -0.15) is 0 Å². The van der Waals surface area contributed by atoms with Gasteiger partial charge in [0.15, 0.2) is 0 Å². The van der Waals surface area contributed by atoms with Gasteiger partial charge in [0.05, 0.1) is 11.3 Å². The predicted octanol–water partition coefficient (Wildman–Crippen LogP) is 1.73. The molecule has 0 saturated carbocycles. The Morgan fingerprint density at radius 2 is 2.42 bits per heavy atom. The normalized spacial score (nSPS) is 9.42. The van der Waals surface area contributed by atoms with Crippen molar-refractivity contribution in [3.05, 3.63) is 35.7 Å². The van der Waals surface area contributed by atoms with Crippen molar-refractivity contribution < 1.29 is 9.90 Å². The van der Waals surface area contributed by atoms with Crippen molar-refractivity contribution in [2.45, 2.75) is 6.92 Å². The third-order valence-corrected chi connectivity index (χ3v) is 1.48. The van der Waals surface area contributed by atoms with Gasteiger partial charge in [-0.05, 0) is 24.6 Å². The second-order valence-electron chi connectivity index (χ2n) is 2.45. The summed E-state index contributed by atoms with van der Waals surface area (Å²) in [4.78, 5) is 14.6. The number of pyridine rings is 1. The van der Waals surface area contributed by atoms with E-state index in [1.165, 1.54) is 6.08 Å². The molecule has 1 aromatic heterocycles. The van der Waals surface area contributed by atoms with E-state index in [0.29, 0.717) is 5.69 Å². The first-order chi connectivity index (χ1) is 5.65. The first-order valence-electron chi connectivity index (χ1n) is 3.47. The van der Waals surface area contributed by atoms with Gasteiger partial charge in [-0.3, -0.25) is 4.98 Å². The number of carboxylic acid groups (broad SMARTS) is 1. The van der Waals surface area contributed by atoms with E-state index in [1.54, 1.807) is 19.2 Å². The number of aromatic nitrogens is 1. The standard InChI is InChI=1S/C9H9NO2/c1-3-8-7(9(11)12)4-6(2)5-10-8/h3-5H,1H2,2H3,(H,11,12). The zero-order valence-corrected chi connectivity index (χ0v) is 6.74. The van der Waals surface area contributed by atoms with Crippen LogP contribution in [0.25, 0.3) is 6.08 Å². The summed E-state index contributed by atoms with van der Waals surface area (Å²) in [6.07, 6.45) is 3.05. The average molecular weight is 163 g/mol. The molecule has 0 atom stereocenters. The molecule has 0 radical (unpaired) electrons. The third-order valence-electron chi connectivity index (χ3n) is 1.48. The molecule has 1 N–H and O–H groups in total. The maximum atomic E-state index is 10.6. The Morgan fingerprint density at radius 1 is 1.75 bits per heavy atom. The number of carboxylic acids is 1. The Labute approximate surface area is 70.4 Å². The minimum absolute atomic E-state index is 0.199. The SMILES string of the molecule is C=Cc1ncc(C)cc1C(=O)O. The molecule has 0 aromatic carbocycles. The Bertz CT molecular complexity index is 331. The largest absolute Gasteiger partial charge is 0.478 e. The fourth-order valence-electron chi connectivity index (χ4n) is 0.914. The Morgan fingerprint density at radius 3 is 2.92 bits per heavy atom. The predicted molar refractivity (Wildman–Crippen MR) is 46.0 cm³/mol. The second-order valence-corrected chi connectivity index (χ2v) is 2.45. The van der Waals surface area contributed by atoms with Crippen molar-refractivity contribution in [3.8, 4) is 0 Å². The molecule has 3 nitrogen and oxygen atoms in total. The van der Waals surface area contributed by atoms with Gasteiger partial charge in [-0.15, -0.1) is 0 Å². The molecular weight excluding hydrogens is 154 g/mol. The second kappa shape index (κ2) is 3.17. The van der Waals surface area contributed by atoms with Crippen LogP contribution in [0.5, 0.6) is 0 Å². The lowest BCUT2D eigenvalue weighted by molar-refractivity contribution is 0.0696. The molecule has 0 spiro atoms. The molecule has 1 aromatic rings. The summed E-state index contributed by atoms with van der Waals surface area (Å²) in [6, 6.07) is 1.58. The maximum absolute atomic E-state index is 10.6. The van der Waals surface area contributed by atoms with E-state index in [2.05, 4.69) is 11.6 Å². The summed E-state index contributed by atoms with van der Waals surface area (Å²) in [5.41, 5.74) is 1.44. The van der Waals surface area contributed by atoms with Gasteiger partial charge in [0.25, 0.3) is 0 Å². The average Bonchev–Trinajstić information content (AvgIpc) is 2.04. The molecule has 1 heterocycles. The number of hydrogen-bond donors (Lipinski definition) is 1. The lowest BCUT2D eigenvalue weighted by Gasteiger charge is -2.00. The van der Waals surface area contributed by atoms with E-state index < -0.39 is 5.97 Å². The molecule has 0 unspecified atom stereocenters. The van der Waals surface area contributed by atoms with Crippen LogP contribution in [0.4, 0.5) is 0 Å². The summed E-state index contributed by atoms with van der Waals surface area (Å²) < 4.78 is 0. The van der Waals surface area contributed by atoms with E-state index in [4.69, 9.17) is 5.11 Å². The monoisotopic (exact) mass is 163 g/mol. The van der Waals surface area contributed by atoms with Gasteiger partial charge in [0, 0.05) is 6.20 Å². The molecule has 0 aliphatic rings. The molecule has 0 amide bonds. The lowest BCUT2D eigenvalue weighted by atomic mass is 10.1. The molecule has 12 heavy (non-hydrogen) atoms. The number of carbonyl (C=O) groups is 1. The summed E-state index contributed by atoms with van der Waals surface area (Å²) in [5.74, 6) is -0.971. The third kappa shape index (κ3) is 1.50. The topological polar surface area (TPSA) is 50.2 Å². The van der Waals surface area contributed by atoms with Gasteiger partial charge < -0.3 is 5.11 Å². The van der Waals surface area contributed by atoms with Crippen molar-refractivity contribution in [2.75, 3.05) is 0 Å². The zero-order valence-electron chi connectivity index (χ0n) is 6.74. The van der Waals surface area contributed by atoms with E-state index in [0.717, 1.165) is 5.56 Å². The molecule has 0 saturated heterocycles. The summed E-state index contributed by atoms with van der Waals surface area (Å²) in [7, 11) is 0. The molecule has 62 valence electrons. The summed E-state index contributed by atoms with van der Waals surface area (Å²) >= 11 is 0. The van der Waals surface area contributed by atoms with Crippen molar-refractivity contribution in [1.29, 1.82) is 0 Å². The highest BCUT2D eigenvalue weighted by Crippen LogP contribution is 2.09. The van der Waals surface area contributed by atoms with Crippen LogP contribution in [-0.2, 0) is 0 Å². The summed E-state index contributed by atoms with van der Waals surface area (Å²) in [6.45, 7) is 5.28. The Kier molecular flexibility index (Phi) is 2.24. The van der Waals surface area contributed by atoms with E-state index in [9.17, 15) is 4.79 Å². The van der Waals surface area contributed by atoms with Crippen molar-refractivity contribution in [1.82, 2.24) is 4.98 Å². The molecule has 0 aliphatic heterocycles. The Hall–Kier alpha value is -1.64. The molecule has 3 heteroatoms. The molecular formula is C9H9NO2. The zero-order chi connectivity index (χ0) is 9.14. The number of aryl methyl sites for hydroxylation is 1. The highest BCUT2D eigenvalue weighted by molar-refractivity contribution is 5.91. The molecule has 1 rings (SSSR count). The number of aromatic carboxylic acids is 1. The minimum atomic E-state index is -0.971. The number of nitrogens with zero attached hydrogens (tertiary/aromatic N) is 1. The fourth-order valence-corrected chi connectivity index (χ4v) is 0.914. The maximum Gasteiger partial charge on any atom is 0.337 e. The van der Waals surface area contributed by atoms with Crippen molar-refractivity contribution in [2.24, 2.45) is 0 Å². The van der Waals surface area contributed by atoms with Gasteiger partial charge in [-0.25, -0.2) is 4.79 Å². The first-order valence-corrected chi connectivity index (χ1v) is 3.47. The molecule has 0 bridgehead atoms. The molecule has 0 fully saturated rings.